The molecule has 4 rings (SSSR count). The number of benzene rings is 3. The Morgan fingerprint density at radius 3 is 2.35 bits per heavy atom. The molecule has 3 aromatic rings. The van der Waals surface area contributed by atoms with Crippen molar-refractivity contribution < 1.29 is 27.2 Å². The van der Waals surface area contributed by atoms with Gasteiger partial charge in [0.2, 0.25) is 5.91 Å². The van der Waals surface area contributed by atoms with Crippen LogP contribution in [0, 0.1) is 12.7 Å². The Bertz CT molecular complexity index is 1330. The third kappa shape index (κ3) is 5.84. The molecule has 1 heterocycles. The second-order valence-electron chi connectivity index (χ2n) is 9.69. The summed E-state index contributed by atoms with van der Waals surface area (Å²) in [7, 11) is 0. The Hall–Kier alpha value is -3.68. The zero-order valence-electron chi connectivity index (χ0n) is 20.9. The molecule has 0 bridgehead atoms. The molecule has 1 N–H and O–H groups in total. The van der Waals surface area contributed by atoms with Gasteiger partial charge in [-0.05, 0) is 71.3 Å². The van der Waals surface area contributed by atoms with Crippen LogP contribution in [0.4, 0.5) is 23.2 Å². The minimum atomic E-state index is -4.79. The molecule has 3 aromatic carbocycles. The van der Waals surface area contributed by atoms with Gasteiger partial charge in [-0.2, -0.15) is 13.2 Å². The van der Waals surface area contributed by atoms with E-state index in [0.29, 0.717) is 42.7 Å². The largest absolute Gasteiger partial charge is 0.419 e. The van der Waals surface area contributed by atoms with E-state index in [9.17, 15) is 27.2 Å². The SMILES string of the molecule is Cc1ccc2c(c1NC(=O)Cc1ccc(C(F)(F)F)c(F)c1)CCN(C(=O)c1ccc(C(C)C)cc1)C2. The van der Waals surface area contributed by atoms with Crippen LogP contribution in [-0.4, -0.2) is 23.3 Å². The second-order valence-corrected chi connectivity index (χ2v) is 9.69. The zero-order valence-corrected chi connectivity index (χ0v) is 20.9. The molecule has 0 aromatic heterocycles. The van der Waals surface area contributed by atoms with Gasteiger partial charge in [-0.25, -0.2) is 4.39 Å². The molecule has 0 unspecified atom stereocenters. The van der Waals surface area contributed by atoms with Crippen LogP contribution >= 0.6 is 0 Å². The van der Waals surface area contributed by atoms with Gasteiger partial charge in [-0.15, -0.1) is 0 Å². The number of fused-ring (bicyclic) bond motifs is 1. The average Bonchev–Trinajstić information content (AvgIpc) is 2.84. The first-order valence-electron chi connectivity index (χ1n) is 12.1. The summed E-state index contributed by atoms with van der Waals surface area (Å²) >= 11 is 0. The molecule has 0 spiro atoms. The highest BCUT2D eigenvalue weighted by Crippen LogP contribution is 2.33. The standard InChI is InChI=1S/C29H28F4N2O2/c1-17(2)20-7-9-21(10-8-20)28(37)35-13-12-23-22(16-35)6-4-18(3)27(23)34-26(36)15-19-5-11-24(25(30)14-19)29(31,32)33/h4-11,14,17H,12-13,15-16H2,1-3H3,(H,34,36). The van der Waals surface area contributed by atoms with E-state index < -0.39 is 23.5 Å². The number of rotatable bonds is 5. The number of carbonyl (C=O) groups excluding carboxylic acids is 2. The number of carbonyl (C=O) groups is 2. The van der Waals surface area contributed by atoms with Crippen molar-refractivity contribution in [2.75, 3.05) is 11.9 Å². The predicted octanol–water partition coefficient (Wildman–Crippen LogP) is 6.66. The van der Waals surface area contributed by atoms with E-state index in [-0.39, 0.29) is 17.9 Å². The van der Waals surface area contributed by atoms with E-state index in [1.165, 1.54) is 0 Å². The van der Waals surface area contributed by atoms with Crippen LogP contribution in [0.3, 0.4) is 0 Å². The summed E-state index contributed by atoms with van der Waals surface area (Å²) < 4.78 is 52.3. The second kappa shape index (κ2) is 10.4. The maximum atomic E-state index is 13.9. The van der Waals surface area contributed by atoms with Gasteiger partial charge in [-0.1, -0.05) is 44.2 Å². The molecule has 2 amide bonds. The minimum absolute atomic E-state index is 0.0588. The molecule has 8 heteroatoms. The lowest BCUT2D eigenvalue weighted by Crippen LogP contribution is -2.36. The van der Waals surface area contributed by atoms with Crippen molar-refractivity contribution >= 4 is 17.5 Å². The number of halogens is 4. The normalized spacial score (nSPS) is 13.5. The first-order valence-corrected chi connectivity index (χ1v) is 12.1. The molecule has 0 saturated heterocycles. The number of alkyl halides is 3. The van der Waals surface area contributed by atoms with Gasteiger partial charge >= 0.3 is 6.18 Å². The number of aryl methyl sites for hydroxylation is 1. The van der Waals surface area contributed by atoms with Gasteiger partial charge in [0, 0.05) is 24.3 Å². The summed E-state index contributed by atoms with van der Waals surface area (Å²) in [5.41, 5.74) is 3.86. The molecule has 194 valence electrons. The molecule has 0 aliphatic carbocycles. The monoisotopic (exact) mass is 512 g/mol. The van der Waals surface area contributed by atoms with Gasteiger partial charge in [0.15, 0.2) is 0 Å². The lowest BCUT2D eigenvalue weighted by atomic mass is 9.94. The van der Waals surface area contributed by atoms with E-state index in [1.807, 2.05) is 43.3 Å². The van der Waals surface area contributed by atoms with Gasteiger partial charge in [0.25, 0.3) is 5.91 Å². The van der Waals surface area contributed by atoms with Crippen molar-refractivity contribution in [3.8, 4) is 0 Å². The Balaban J connectivity index is 1.47. The molecule has 0 fully saturated rings. The summed E-state index contributed by atoms with van der Waals surface area (Å²) in [6.45, 7) is 6.92. The number of hydrogen-bond donors (Lipinski definition) is 1. The third-order valence-electron chi connectivity index (χ3n) is 6.69. The number of anilines is 1. The highest BCUT2D eigenvalue weighted by atomic mass is 19.4. The minimum Gasteiger partial charge on any atom is -0.334 e. The smallest absolute Gasteiger partial charge is 0.334 e. The van der Waals surface area contributed by atoms with Crippen molar-refractivity contribution in [1.82, 2.24) is 4.90 Å². The van der Waals surface area contributed by atoms with E-state index in [4.69, 9.17) is 0 Å². The van der Waals surface area contributed by atoms with E-state index in [2.05, 4.69) is 19.2 Å². The molecular weight excluding hydrogens is 484 g/mol. The molecule has 4 nitrogen and oxygen atoms in total. The van der Waals surface area contributed by atoms with Crippen molar-refractivity contribution in [3.63, 3.8) is 0 Å². The number of hydrogen-bond acceptors (Lipinski definition) is 2. The fraction of sp³-hybridized carbons (Fsp3) is 0.310. The van der Waals surface area contributed by atoms with Crippen molar-refractivity contribution in [3.05, 3.63) is 99.4 Å². The maximum absolute atomic E-state index is 13.9. The van der Waals surface area contributed by atoms with Crippen LogP contribution in [0.25, 0.3) is 0 Å². The molecule has 0 radical (unpaired) electrons. The first kappa shape index (κ1) is 26.4. The van der Waals surface area contributed by atoms with E-state index in [0.717, 1.165) is 34.4 Å². The predicted molar refractivity (Wildman–Crippen MR) is 134 cm³/mol. The topological polar surface area (TPSA) is 49.4 Å². The van der Waals surface area contributed by atoms with Crippen molar-refractivity contribution in [2.24, 2.45) is 0 Å². The Kier molecular flexibility index (Phi) is 7.39. The Morgan fingerprint density at radius 1 is 1.03 bits per heavy atom. The van der Waals surface area contributed by atoms with E-state index >= 15 is 0 Å². The molecule has 1 aliphatic rings. The maximum Gasteiger partial charge on any atom is 0.419 e. The molecule has 0 atom stereocenters. The fourth-order valence-corrected chi connectivity index (χ4v) is 4.58. The quantitative estimate of drug-likeness (QED) is 0.389. The Labute approximate surface area is 213 Å². The Morgan fingerprint density at radius 2 is 1.73 bits per heavy atom. The summed E-state index contributed by atoms with van der Waals surface area (Å²) in [6, 6.07) is 13.9. The highest BCUT2D eigenvalue weighted by Gasteiger charge is 2.34. The average molecular weight is 513 g/mol. The number of amides is 2. The van der Waals surface area contributed by atoms with Crippen molar-refractivity contribution in [2.45, 2.75) is 52.3 Å². The molecule has 0 saturated carbocycles. The van der Waals surface area contributed by atoms with Gasteiger partial charge in [-0.3, -0.25) is 9.59 Å². The van der Waals surface area contributed by atoms with Crippen molar-refractivity contribution in [1.29, 1.82) is 0 Å². The third-order valence-corrected chi connectivity index (χ3v) is 6.69. The van der Waals surface area contributed by atoms with Crippen LogP contribution in [0.2, 0.25) is 0 Å². The van der Waals surface area contributed by atoms with Gasteiger partial charge in [0.1, 0.15) is 5.82 Å². The van der Waals surface area contributed by atoms with Crippen LogP contribution in [0.15, 0.2) is 54.6 Å². The van der Waals surface area contributed by atoms with Gasteiger partial charge < -0.3 is 10.2 Å². The number of nitrogens with one attached hydrogen (secondary N) is 1. The van der Waals surface area contributed by atoms with Gasteiger partial charge in [0.05, 0.1) is 12.0 Å². The highest BCUT2D eigenvalue weighted by molar-refractivity contribution is 5.95. The molecule has 37 heavy (non-hydrogen) atoms. The van der Waals surface area contributed by atoms with Crippen LogP contribution in [0.5, 0.6) is 0 Å². The van der Waals surface area contributed by atoms with Crippen LogP contribution < -0.4 is 5.32 Å². The fourth-order valence-electron chi connectivity index (χ4n) is 4.58. The first-order chi connectivity index (χ1) is 17.4. The summed E-state index contributed by atoms with van der Waals surface area (Å²) in [6.07, 6.45) is -4.52. The lowest BCUT2D eigenvalue weighted by Gasteiger charge is -2.31. The van der Waals surface area contributed by atoms with Crippen LogP contribution in [0.1, 0.15) is 63.5 Å². The summed E-state index contributed by atoms with van der Waals surface area (Å²) in [5, 5.41) is 2.86. The zero-order chi connectivity index (χ0) is 26.9. The molecule has 1 aliphatic heterocycles. The molecular formula is C29H28F4N2O2. The summed E-state index contributed by atoms with van der Waals surface area (Å²) in [4.78, 5) is 27.6. The lowest BCUT2D eigenvalue weighted by molar-refractivity contribution is -0.140. The van der Waals surface area contributed by atoms with Crippen LogP contribution in [-0.2, 0) is 30.4 Å². The summed E-state index contributed by atoms with van der Waals surface area (Å²) in [5.74, 6) is -1.55. The van der Waals surface area contributed by atoms with E-state index in [1.54, 1.807) is 4.90 Å². The number of nitrogens with zero attached hydrogens (tertiary/aromatic N) is 1.